The Morgan fingerprint density at radius 2 is 1.86 bits per heavy atom. The lowest BCUT2D eigenvalue weighted by atomic mass is 10.0. The first-order chi connectivity index (χ1) is 10.5. The molecule has 0 aliphatic carbocycles. The van der Waals surface area contributed by atoms with Crippen molar-refractivity contribution in [3.63, 3.8) is 0 Å². The van der Waals surface area contributed by atoms with Gasteiger partial charge in [-0.3, -0.25) is 9.40 Å². The van der Waals surface area contributed by atoms with Crippen LogP contribution in [-0.4, -0.2) is 37.6 Å². The number of benzene rings is 1. The molecular formula is C14H21N2O5P. The number of para-hydroxylation sites is 1. The van der Waals surface area contributed by atoms with Crippen molar-refractivity contribution in [1.82, 2.24) is 5.06 Å². The van der Waals surface area contributed by atoms with Gasteiger partial charge in [0.25, 0.3) is 0 Å². The standard InChI is InChI=1S/C14H21N2O5P/c1-4-20-22(18,21-5-2)10-13-11-8-6-7-9-12(11)15-14(17)16(13)19-3/h6-9,13H,4-5,10H2,1-3H3,(H,15,17). The molecule has 1 unspecified atom stereocenters. The molecule has 1 aromatic rings. The van der Waals surface area contributed by atoms with Crippen LogP contribution < -0.4 is 5.32 Å². The monoisotopic (exact) mass is 328 g/mol. The van der Waals surface area contributed by atoms with Crippen LogP contribution in [0.25, 0.3) is 0 Å². The molecule has 122 valence electrons. The molecule has 7 nitrogen and oxygen atoms in total. The van der Waals surface area contributed by atoms with Gasteiger partial charge in [0.2, 0.25) is 0 Å². The van der Waals surface area contributed by atoms with Crippen LogP contribution in [0.2, 0.25) is 0 Å². The molecule has 22 heavy (non-hydrogen) atoms. The number of nitrogens with one attached hydrogen (secondary N) is 1. The topological polar surface area (TPSA) is 77.1 Å². The highest BCUT2D eigenvalue weighted by atomic mass is 31.2. The van der Waals surface area contributed by atoms with Crippen molar-refractivity contribution in [3.8, 4) is 0 Å². The second-order valence-corrected chi connectivity index (χ2v) is 6.77. The zero-order valence-corrected chi connectivity index (χ0v) is 13.8. The molecule has 0 bridgehead atoms. The molecule has 1 heterocycles. The van der Waals surface area contributed by atoms with Gasteiger partial charge in [0.1, 0.15) is 0 Å². The van der Waals surface area contributed by atoms with Gasteiger partial charge >= 0.3 is 13.6 Å². The molecule has 0 aromatic heterocycles. The van der Waals surface area contributed by atoms with Gasteiger partial charge in [0, 0.05) is 11.3 Å². The third kappa shape index (κ3) is 3.50. The molecule has 2 amide bonds. The van der Waals surface area contributed by atoms with E-state index in [0.717, 1.165) is 10.6 Å². The molecule has 1 aliphatic rings. The molecule has 0 fully saturated rings. The molecule has 1 N–H and O–H groups in total. The number of fused-ring (bicyclic) bond motifs is 1. The molecule has 1 atom stereocenters. The van der Waals surface area contributed by atoms with E-state index in [0.29, 0.717) is 5.69 Å². The fourth-order valence-electron chi connectivity index (χ4n) is 2.47. The van der Waals surface area contributed by atoms with Gasteiger partial charge in [-0.15, -0.1) is 0 Å². The van der Waals surface area contributed by atoms with Gasteiger partial charge < -0.3 is 14.4 Å². The number of nitrogens with zero attached hydrogens (tertiary/aromatic N) is 1. The van der Waals surface area contributed by atoms with Crippen LogP contribution in [0.15, 0.2) is 24.3 Å². The minimum absolute atomic E-state index is 0.0347. The number of hydrogen-bond acceptors (Lipinski definition) is 5. The number of urea groups is 1. The van der Waals surface area contributed by atoms with Crippen molar-refractivity contribution in [3.05, 3.63) is 29.8 Å². The van der Waals surface area contributed by atoms with Crippen molar-refractivity contribution < 1.29 is 23.2 Å². The average Bonchev–Trinajstić information content (AvgIpc) is 2.47. The molecule has 0 saturated heterocycles. The van der Waals surface area contributed by atoms with E-state index in [9.17, 15) is 9.36 Å². The van der Waals surface area contributed by atoms with Crippen LogP contribution in [-0.2, 0) is 18.5 Å². The normalized spacial score (nSPS) is 18.0. The number of carbonyl (C=O) groups is 1. The van der Waals surface area contributed by atoms with E-state index in [1.54, 1.807) is 19.9 Å². The van der Waals surface area contributed by atoms with Gasteiger partial charge in [-0.05, 0) is 19.9 Å². The summed E-state index contributed by atoms with van der Waals surface area (Å²) in [5, 5.41) is 3.89. The van der Waals surface area contributed by atoms with Gasteiger partial charge in [-0.2, -0.15) is 5.06 Å². The highest BCUT2D eigenvalue weighted by Crippen LogP contribution is 2.53. The summed E-state index contributed by atoms with van der Waals surface area (Å²) in [6, 6.07) is 6.37. The first kappa shape index (κ1) is 17.0. The molecule has 1 aromatic carbocycles. The van der Waals surface area contributed by atoms with Crippen molar-refractivity contribution in [1.29, 1.82) is 0 Å². The maximum absolute atomic E-state index is 12.8. The lowest BCUT2D eigenvalue weighted by molar-refractivity contribution is -0.111. The second-order valence-electron chi connectivity index (χ2n) is 4.67. The lowest BCUT2D eigenvalue weighted by Gasteiger charge is -2.36. The van der Waals surface area contributed by atoms with Gasteiger partial charge in [-0.25, -0.2) is 4.79 Å². The number of hydrogen-bond donors (Lipinski definition) is 1. The molecule has 2 rings (SSSR count). The van der Waals surface area contributed by atoms with E-state index in [2.05, 4.69) is 5.32 Å². The van der Waals surface area contributed by atoms with Gasteiger partial charge in [0.15, 0.2) is 0 Å². The Kier molecular flexibility index (Phi) is 5.58. The number of anilines is 1. The van der Waals surface area contributed by atoms with Crippen LogP contribution in [0, 0.1) is 0 Å². The van der Waals surface area contributed by atoms with Crippen LogP contribution in [0.4, 0.5) is 10.5 Å². The Balaban J connectivity index is 2.37. The Morgan fingerprint density at radius 1 is 1.23 bits per heavy atom. The van der Waals surface area contributed by atoms with Crippen molar-refractivity contribution in [2.75, 3.05) is 31.8 Å². The zero-order chi connectivity index (χ0) is 16.2. The van der Waals surface area contributed by atoms with E-state index in [-0.39, 0.29) is 19.4 Å². The third-order valence-corrected chi connectivity index (χ3v) is 5.39. The largest absolute Gasteiger partial charge is 0.346 e. The van der Waals surface area contributed by atoms with Gasteiger partial charge in [0.05, 0.1) is 32.5 Å². The predicted molar refractivity (Wildman–Crippen MR) is 82.8 cm³/mol. The van der Waals surface area contributed by atoms with Crippen molar-refractivity contribution in [2.24, 2.45) is 0 Å². The summed E-state index contributed by atoms with van der Waals surface area (Å²) in [5.41, 5.74) is 1.48. The highest BCUT2D eigenvalue weighted by Gasteiger charge is 2.39. The fourth-order valence-corrected chi connectivity index (χ4v) is 4.31. The van der Waals surface area contributed by atoms with E-state index >= 15 is 0 Å². The Hall–Kier alpha value is -1.40. The number of amides is 2. The van der Waals surface area contributed by atoms with E-state index in [4.69, 9.17) is 13.9 Å². The SMILES string of the molecule is CCOP(=O)(CC1c2ccccc2NC(=O)N1OC)OCC. The molecule has 8 heteroatoms. The summed E-state index contributed by atoms with van der Waals surface area (Å²) >= 11 is 0. The Bertz CT molecular complexity index is 570. The second kappa shape index (κ2) is 7.24. The smallest absolute Gasteiger partial charge is 0.309 e. The zero-order valence-electron chi connectivity index (χ0n) is 12.9. The summed E-state index contributed by atoms with van der Waals surface area (Å²) < 4.78 is 23.5. The van der Waals surface area contributed by atoms with Crippen LogP contribution >= 0.6 is 7.60 Å². The van der Waals surface area contributed by atoms with Crippen molar-refractivity contribution >= 4 is 19.3 Å². The summed E-state index contributed by atoms with van der Waals surface area (Å²) in [6.45, 7) is 4.04. The summed E-state index contributed by atoms with van der Waals surface area (Å²) in [7, 11) is -1.93. The van der Waals surface area contributed by atoms with Crippen LogP contribution in [0.3, 0.4) is 0 Å². The fraction of sp³-hybridized carbons (Fsp3) is 0.500. The Labute approximate surface area is 130 Å². The van der Waals surface area contributed by atoms with E-state index in [1.807, 2.05) is 18.2 Å². The maximum Gasteiger partial charge on any atom is 0.346 e. The summed E-state index contributed by atoms with van der Waals surface area (Å²) in [4.78, 5) is 17.3. The Morgan fingerprint density at radius 3 is 2.45 bits per heavy atom. The van der Waals surface area contributed by atoms with Crippen LogP contribution in [0.5, 0.6) is 0 Å². The first-order valence-electron chi connectivity index (χ1n) is 7.16. The average molecular weight is 328 g/mol. The molecule has 0 radical (unpaired) electrons. The highest BCUT2D eigenvalue weighted by molar-refractivity contribution is 7.53. The molecule has 0 saturated carbocycles. The summed E-state index contributed by atoms with van der Waals surface area (Å²) in [6.07, 6.45) is 0.0347. The quantitative estimate of drug-likeness (QED) is 0.776. The molecule has 0 spiro atoms. The van der Waals surface area contributed by atoms with E-state index in [1.165, 1.54) is 7.11 Å². The number of rotatable bonds is 7. The third-order valence-electron chi connectivity index (χ3n) is 3.29. The molecule has 1 aliphatic heterocycles. The molecular weight excluding hydrogens is 307 g/mol. The maximum atomic E-state index is 12.8. The summed E-state index contributed by atoms with van der Waals surface area (Å²) in [5.74, 6) is 0. The van der Waals surface area contributed by atoms with Crippen molar-refractivity contribution in [2.45, 2.75) is 19.9 Å². The predicted octanol–water partition coefficient (Wildman–Crippen LogP) is 3.40. The minimum atomic E-state index is -3.32. The number of carbonyl (C=O) groups excluding carboxylic acids is 1. The minimum Gasteiger partial charge on any atom is -0.309 e. The van der Waals surface area contributed by atoms with Gasteiger partial charge in [-0.1, -0.05) is 18.2 Å². The first-order valence-corrected chi connectivity index (χ1v) is 8.88. The lowest BCUT2D eigenvalue weighted by Crippen LogP contribution is -2.43. The van der Waals surface area contributed by atoms with Crippen LogP contribution in [0.1, 0.15) is 25.5 Å². The van der Waals surface area contributed by atoms with E-state index < -0.39 is 19.7 Å². The number of hydroxylamine groups is 2.